The van der Waals surface area contributed by atoms with E-state index in [0.717, 1.165) is 17.8 Å². The van der Waals surface area contributed by atoms with Gasteiger partial charge in [-0.25, -0.2) is 4.98 Å². The van der Waals surface area contributed by atoms with Crippen LogP contribution < -0.4 is 0 Å². The molecule has 0 saturated carbocycles. The predicted octanol–water partition coefficient (Wildman–Crippen LogP) is 2.33. The Hall–Kier alpha value is -1.20. The van der Waals surface area contributed by atoms with Crippen LogP contribution in [0.5, 0.6) is 0 Å². The number of halogens is 1. The number of H-pyrrole nitrogens is 1. The maximum Gasteiger partial charge on any atom is 0.239 e. The van der Waals surface area contributed by atoms with E-state index in [1.165, 1.54) is 0 Å². The highest BCUT2D eigenvalue weighted by atomic mass is 35.5. The lowest BCUT2D eigenvalue weighted by Gasteiger charge is -2.01. The molecule has 2 rings (SSSR count). The smallest absolute Gasteiger partial charge is 0.239 e. The minimum absolute atomic E-state index is 0.334. The summed E-state index contributed by atoms with van der Waals surface area (Å²) in [4.78, 5) is 4.14. The second-order valence-corrected chi connectivity index (χ2v) is 5.25. The van der Waals surface area contributed by atoms with E-state index in [9.17, 15) is 4.21 Å². The van der Waals surface area contributed by atoms with Crippen LogP contribution in [0.2, 0.25) is 5.02 Å². The van der Waals surface area contributed by atoms with E-state index in [1.807, 2.05) is 25.1 Å². The van der Waals surface area contributed by atoms with Crippen molar-refractivity contribution < 1.29 is 4.21 Å². The summed E-state index contributed by atoms with van der Waals surface area (Å²) in [6.07, 6.45) is 0.746. The van der Waals surface area contributed by atoms with Crippen LogP contribution in [0.15, 0.2) is 29.4 Å². The van der Waals surface area contributed by atoms with Gasteiger partial charge in [-0.05, 0) is 11.6 Å². The van der Waals surface area contributed by atoms with Gasteiger partial charge in [0.25, 0.3) is 0 Å². The van der Waals surface area contributed by atoms with E-state index < -0.39 is 10.8 Å². The zero-order valence-corrected chi connectivity index (χ0v) is 10.9. The Bertz CT molecular complexity index is 541. The predicted molar refractivity (Wildman–Crippen MR) is 67.3 cm³/mol. The Morgan fingerprint density at radius 2 is 2.18 bits per heavy atom. The summed E-state index contributed by atoms with van der Waals surface area (Å²) in [6, 6.07) is 7.35. The summed E-state index contributed by atoms with van der Waals surface area (Å²) in [7, 11) is -1.26. The van der Waals surface area contributed by atoms with Crippen molar-refractivity contribution in [3.8, 4) is 0 Å². The van der Waals surface area contributed by atoms with Crippen molar-refractivity contribution in [3.05, 3.63) is 40.7 Å². The highest BCUT2D eigenvalue weighted by Crippen LogP contribution is 2.18. The second-order valence-electron chi connectivity index (χ2n) is 3.50. The lowest BCUT2D eigenvalue weighted by atomic mass is 10.2. The number of aryl methyl sites for hydroxylation is 1. The SMILES string of the molecule is CCc1nc(S(=O)Cc2ccccc2Cl)n[nH]1. The molecule has 2 aromatic rings. The van der Waals surface area contributed by atoms with Crippen molar-refractivity contribution in [2.45, 2.75) is 24.3 Å². The van der Waals surface area contributed by atoms with Gasteiger partial charge in [-0.15, -0.1) is 5.10 Å². The first-order valence-corrected chi connectivity index (χ1v) is 6.93. The highest BCUT2D eigenvalue weighted by molar-refractivity contribution is 7.84. The summed E-state index contributed by atoms with van der Waals surface area (Å²) in [5, 5.41) is 7.64. The zero-order chi connectivity index (χ0) is 12.3. The van der Waals surface area contributed by atoms with Gasteiger partial charge in [0.1, 0.15) is 5.82 Å². The van der Waals surface area contributed by atoms with Crippen LogP contribution in [-0.4, -0.2) is 19.4 Å². The molecular formula is C11H12ClN3OS. The third-order valence-corrected chi connectivity index (χ3v) is 3.83. The third kappa shape index (κ3) is 2.92. The molecule has 90 valence electrons. The highest BCUT2D eigenvalue weighted by Gasteiger charge is 2.12. The van der Waals surface area contributed by atoms with Gasteiger partial charge >= 0.3 is 0 Å². The third-order valence-electron chi connectivity index (χ3n) is 2.29. The fourth-order valence-corrected chi connectivity index (χ4v) is 2.66. The van der Waals surface area contributed by atoms with Gasteiger partial charge in [0.15, 0.2) is 0 Å². The molecule has 0 aliphatic carbocycles. The van der Waals surface area contributed by atoms with Crippen molar-refractivity contribution >= 4 is 22.4 Å². The van der Waals surface area contributed by atoms with Crippen LogP contribution in [0, 0.1) is 0 Å². The molecule has 1 aromatic carbocycles. The van der Waals surface area contributed by atoms with Gasteiger partial charge < -0.3 is 0 Å². The summed E-state index contributed by atoms with van der Waals surface area (Å²) >= 11 is 6.01. The first-order chi connectivity index (χ1) is 8.20. The Morgan fingerprint density at radius 1 is 1.41 bits per heavy atom. The van der Waals surface area contributed by atoms with Gasteiger partial charge in [-0.3, -0.25) is 9.31 Å². The summed E-state index contributed by atoms with van der Waals surface area (Å²) in [5.74, 6) is 1.08. The quantitative estimate of drug-likeness (QED) is 0.927. The molecule has 0 radical (unpaired) electrons. The van der Waals surface area contributed by atoms with E-state index in [2.05, 4.69) is 15.2 Å². The van der Waals surface area contributed by atoms with Gasteiger partial charge in [-0.2, -0.15) is 0 Å². The monoisotopic (exact) mass is 269 g/mol. The van der Waals surface area contributed by atoms with Gasteiger partial charge in [0, 0.05) is 11.4 Å². The molecule has 0 amide bonds. The number of nitrogens with zero attached hydrogens (tertiary/aromatic N) is 2. The van der Waals surface area contributed by atoms with Crippen molar-refractivity contribution in [2.75, 3.05) is 0 Å². The number of hydrogen-bond acceptors (Lipinski definition) is 3. The molecule has 1 aromatic heterocycles. The van der Waals surface area contributed by atoms with E-state index in [1.54, 1.807) is 6.07 Å². The van der Waals surface area contributed by atoms with Crippen molar-refractivity contribution in [3.63, 3.8) is 0 Å². The molecule has 1 atom stereocenters. The fraction of sp³-hybridized carbons (Fsp3) is 0.273. The van der Waals surface area contributed by atoms with Crippen LogP contribution in [-0.2, 0) is 23.0 Å². The van der Waals surface area contributed by atoms with Crippen LogP contribution >= 0.6 is 11.6 Å². The van der Waals surface area contributed by atoms with E-state index >= 15 is 0 Å². The largest absolute Gasteiger partial charge is 0.262 e. The molecule has 4 nitrogen and oxygen atoms in total. The first-order valence-electron chi connectivity index (χ1n) is 5.23. The minimum atomic E-state index is -1.26. The number of aromatic amines is 1. The molecule has 0 bridgehead atoms. The van der Waals surface area contributed by atoms with Crippen molar-refractivity contribution in [2.24, 2.45) is 0 Å². The number of benzene rings is 1. The molecule has 0 saturated heterocycles. The molecular weight excluding hydrogens is 258 g/mol. The minimum Gasteiger partial charge on any atom is -0.262 e. The number of nitrogens with one attached hydrogen (secondary N) is 1. The Balaban J connectivity index is 2.14. The molecule has 17 heavy (non-hydrogen) atoms. The summed E-state index contributed by atoms with van der Waals surface area (Å²) in [5.41, 5.74) is 0.843. The Kier molecular flexibility index (Phi) is 3.91. The number of aromatic nitrogens is 3. The first kappa shape index (κ1) is 12.3. The molecule has 1 heterocycles. The summed E-state index contributed by atoms with van der Waals surface area (Å²) < 4.78 is 12.0. The molecule has 0 spiro atoms. The maximum absolute atomic E-state index is 12.0. The summed E-state index contributed by atoms with van der Waals surface area (Å²) in [6.45, 7) is 1.96. The Morgan fingerprint density at radius 3 is 2.82 bits per heavy atom. The lowest BCUT2D eigenvalue weighted by molar-refractivity contribution is 0.675. The van der Waals surface area contributed by atoms with E-state index in [0.29, 0.717) is 15.9 Å². The van der Waals surface area contributed by atoms with Gasteiger partial charge in [0.05, 0.1) is 16.6 Å². The topological polar surface area (TPSA) is 58.6 Å². The maximum atomic E-state index is 12.0. The normalized spacial score (nSPS) is 12.6. The van der Waals surface area contributed by atoms with E-state index in [-0.39, 0.29) is 0 Å². The fourth-order valence-electron chi connectivity index (χ4n) is 1.36. The number of hydrogen-bond donors (Lipinski definition) is 1. The molecule has 1 unspecified atom stereocenters. The molecule has 0 fully saturated rings. The van der Waals surface area contributed by atoms with Crippen molar-refractivity contribution in [1.82, 2.24) is 15.2 Å². The van der Waals surface area contributed by atoms with Crippen LogP contribution in [0.3, 0.4) is 0 Å². The van der Waals surface area contributed by atoms with Crippen LogP contribution in [0.25, 0.3) is 0 Å². The average molecular weight is 270 g/mol. The van der Waals surface area contributed by atoms with Gasteiger partial charge in [-0.1, -0.05) is 36.7 Å². The van der Waals surface area contributed by atoms with Crippen LogP contribution in [0.4, 0.5) is 0 Å². The molecule has 0 aliphatic rings. The zero-order valence-electron chi connectivity index (χ0n) is 9.31. The average Bonchev–Trinajstić information content (AvgIpc) is 2.81. The number of rotatable bonds is 4. The Labute approximate surface area is 107 Å². The lowest BCUT2D eigenvalue weighted by Crippen LogP contribution is -1.99. The molecule has 0 aliphatic heterocycles. The van der Waals surface area contributed by atoms with Crippen LogP contribution in [0.1, 0.15) is 18.3 Å². The standard InChI is InChI=1S/C11H12ClN3OS/c1-2-10-13-11(15-14-10)17(16)7-8-5-3-4-6-9(8)12/h3-6H,2,7H2,1H3,(H,13,14,15). The molecule has 1 N–H and O–H groups in total. The second kappa shape index (κ2) is 5.42. The molecule has 6 heteroatoms. The van der Waals surface area contributed by atoms with E-state index in [4.69, 9.17) is 11.6 Å². The van der Waals surface area contributed by atoms with Crippen molar-refractivity contribution in [1.29, 1.82) is 0 Å². The van der Waals surface area contributed by atoms with Gasteiger partial charge in [0.2, 0.25) is 5.16 Å².